The molecule has 1 N–H and O–H groups in total. The van der Waals surface area contributed by atoms with Crippen molar-refractivity contribution < 1.29 is 27.5 Å². The summed E-state index contributed by atoms with van der Waals surface area (Å²) in [5, 5.41) is 0. The summed E-state index contributed by atoms with van der Waals surface area (Å²) in [6.07, 6.45) is -0.208. The van der Waals surface area contributed by atoms with Gasteiger partial charge in [0.25, 0.3) is 0 Å². The highest BCUT2D eigenvalue weighted by atomic mass is 32.2. The highest BCUT2D eigenvalue weighted by Gasteiger charge is 2.32. The van der Waals surface area contributed by atoms with E-state index in [2.05, 4.69) is 4.72 Å². The Morgan fingerprint density at radius 2 is 1.53 bits per heavy atom. The van der Waals surface area contributed by atoms with Crippen LogP contribution in [0.5, 0.6) is 5.75 Å². The Bertz CT molecular complexity index is 1050. The summed E-state index contributed by atoms with van der Waals surface area (Å²) in [6.45, 7) is 5.59. The van der Waals surface area contributed by atoms with Gasteiger partial charge in [0.1, 0.15) is 11.8 Å². The van der Waals surface area contributed by atoms with Gasteiger partial charge in [-0.3, -0.25) is 4.79 Å². The number of hydrogen-bond acceptors (Lipinski definition) is 6. The van der Waals surface area contributed by atoms with Gasteiger partial charge in [0.2, 0.25) is 15.9 Å². The zero-order chi connectivity index (χ0) is 24.6. The number of carbonyl (C=O) groups is 2. The molecule has 1 saturated heterocycles. The van der Waals surface area contributed by atoms with Crippen molar-refractivity contribution in [2.24, 2.45) is 0 Å². The number of rotatable bonds is 9. The molecule has 0 unspecified atom stereocenters. The number of nitrogens with zero attached hydrogens (tertiary/aromatic N) is 2. The molecule has 34 heavy (non-hydrogen) atoms. The van der Waals surface area contributed by atoms with Crippen LogP contribution in [0.15, 0.2) is 59.5 Å². The summed E-state index contributed by atoms with van der Waals surface area (Å²) in [7, 11) is -3.96. The molecule has 2 aromatic rings. The largest absolute Gasteiger partial charge is 0.494 e. The van der Waals surface area contributed by atoms with Crippen molar-refractivity contribution in [2.45, 2.75) is 31.2 Å². The standard InChI is InChI=1S/C24H31N3O6S/c1-3-32-20-10-12-21(13-11-20)34(30,31)25-22(18-19-8-6-5-7-9-19)23(28)26-14-16-27(17-15-26)24(29)33-4-2/h5-13,22,25H,3-4,14-18H2,1-2H3/t22-/m0/s1. The van der Waals surface area contributed by atoms with E-state index in [-0.39, 0.29) is 23.8 Å². The monoisotopic (exact) mass is 489 g/mol. The minimum atomic E-state index is -3.96. The minimum absolute atomic E-state index is 0.0499. The molecule has 0 aromatic heterocycles. The summed E-state index contributed by atoms with van der Waals surface area (Å²) in [5.74, 6) is 0.236. The SMILES string of the molecule is CCOC(=O)N1CCN(C(=O)[C@H](Cc2ccccc2)NS(=O)(=O)c2ccc(OCC)cc2)CC1. The van der Waals surface area contributed by atoms with E-state index in [1.807, 2.05) is 37.3 Å². The van der Waals surface area contributed by atoms with Crippen molar-refractivity contribution in [2.75, 3.05) is 39.4 Å². The molecule has 0 bridgehead atoms. The Morgan fingerprint density at radius 1 is 0.912 bits per heavy atom. The van der Waals surface area contributed by atoms with Gasteiger partial charge in [0.15, 0.2) is 0 Å². The third-order valence-electron chi connectivity index (χ3n) is 5.44. The third kappa shape index (κ3) is 6.71. The van der Waals surface area contributed by atoms with Gasteiger partial charge >= 0.3 is 6.09 Å². The second-order valence-corrected chi connectivity index (χ2v) is 9.49. The van der Waals surface area contributed by atoms with Crippen LogP contribution < -0.4 is 9.46 Å². The van der Waals surface area contributed by atoms with E-state index in [0.29, 0.717) is 38.5 Å². The fraction of sp³-hybridized carbons (Fsp3) is 0.417. The Kier molecular flexibility index (Phi) is 8.89. The highest BCUT2D eigenvalue weighted by Crippen LogP contribution is 2.18. The Morgan fingerprint density at radius 3 is 2.12 bits per heavy atom. The third-order valence-corrected chi connectivity index (χ3v) is 6.93. The van der Waals surface area contributed by atoms with E-state index in [1.54, 1.807) is 28.9 Å². The quantitative estimate of drug-likeness (QED) is 0.579. The van der Waals surface area contributed by atoms with Gasteiger partial charge in [-0.25, -0.2) is 13.2 Å². The fourth-order valence-corrected chi connectivity index (χ4v) is 4.90. The number of sulfonamides is 1. The lowest BCUT2D eigenvalue weighted by Crippen LogP contribution is -2.56. The van der Waals surface area contributed by atoms with Crippen LogP contribution in [-0.4, -0.2) is 75.7 Å². The molecule has 184 valence electrons. The van der Waals surface area contributed by atoms with Gasteiger partial charge in [-0.05, 0) is 50.1 Å². The maximum absolute atomic E-state index is 13.4. The Hall–Kier alpha value is -3.11. The molecule has 1 heterocycles. The first-order valence-corrected chi connectivity index (χ1v) is 12.8. The van der Waals surface area contributed by atoms with Gasteiger partial charge in [-0.15, -0.1) is 0 Å². The van der Waals surface area contributed by atoms with E-state index in [0.717, 1.165) is 5.56 Å². The molecular formula is C24H31N3O6S. The van der Waals surface area contributed by atoms with Crippen molar-refractivity contribution in [3.63, 3.8) is 0 Å². The van der Waals surface area contributed by atoms with Crippen LogP contribution in [-0.2, 0) is 26.0 Å². The molecule has 0 aliphatic carbocycles. The van der Waals surface area contributed by atoms with Gasteiger partial charge in [0.05, 0.1) is 18.1 Å². The summed E-state index contributed by atoms with van der Waals surface area (Å²) < 4.78 is 39.2. The van der Waals surface area contributed by atoms with Crippen LogP contribution in [0.3, 0.4) is 0 Å². The van der Waals surface area contributed by atoms with E-state index < -0.39 is 22.2 Å². The molecule has 0 radical (unpaired) electrons. The first-order valence-electron chi connectivity index (χ1n) is 11.3. The van der Waals surface area contributed by atoms with E-state index in [1.165, 1.54) is 12.1 Å². The number of carbonyl (C=O) groups excluding carboxylic acids is 2. The van der Waals surface area contributed by atoms with Crippen molar-refractivity contribution in [1.29, 1.82) is 0 Å². The van der Waals surface area contributed by atoms with Crippen LogP contribution in [0.1, 0.15) is 19.4 Å². The molecule has 0 spiro atoms. The molecular weight excluding hydrogens is 458 g/mol. The first-order chi connectivity index (χ1) is 16.3. The van der Waals surface area contributed by atoms with Crippen molar-refractivity contribution in [3.05, 3.63) is 60.2 Å². The summed E-state index contributed by atoms with van der Waals surface area (Å²) >= 11 is 0. The zero-order valence-corrected chi connectivity index (χ0v) is 20.3. The number of amides is 2. The van der Waals surface area contributed by atoms with Crippen molar-refractivity contribution in [1.82, 2.24) is 14.5 Å². The number of hydrogen-bond donors (Lipinski definition) is 1. The van der Waals surface area contributed by atoms with Crippen LogP contribution in [0, 0.1) is 0 Å². The average molecular weight is 490 g/mol. The normalized spacial score (nSPS) is 15.0. The van der Waals surface area contributed by atoms with Crippen molar-refractivity contribution >= 4 is 22.0 Å². The lowest BCUT2D eigenvalue weighted by molar-refractivity contribution is -0.134. The van der Waals surface area contributed by atoms with Crippen LogP contribution in [0.4, 0.5) is 4.79 Å². The van der Waals surface area contributed by atoms with Crippen molar-refractivity contribution in [3.8, 4) is 5.75 Å². The van der Waals surface area contributed by atoms with Crippen LogP contribution in [0.2, 0.25) is 0 Å². The second kappa shape index (κ2) is 11.8. The number of ether oxygens (including phenoxy) is 2. The molecule has 2 amide bonds. The van der Waals surface area contributed by atoms with Gasteiger partial charge < -0.3 is 19.3 Å². The predicted octanol–water partition coefficient (Wildman–Crippen LogP) is 2.28. The molecule has 10 heteroatoms. The second-order valence-electron chi connectivity index (χ2n) is 7.78. The minimum Gasteiger partial charge on any atom is -0.494 e. The summed E-state index contributed by atoms with van der Waals surface area (Å²) in [5.41, 5.74) is 0.834. The lowest BCUT2D eigenvalue weighted by atomic mass is 10.1. The zero-order valence-electron chi connectivity index (χ0n) is 19.5. The van der Waals surface area contributed by atoms with Crippen LogP contribution in [0.25, 0.3) is 0 Å². The van der Waals surface area contributed by atoms with Gasteiger partial charge in [0, 0.05) is 26.2 Å². The number of nitrogens with one attached hydrogen (secondary N) is 1. The fourth-order valence-electron chi connectivity index (χ4n) is 3.71. The van der Waals surface area contributed by atoms with E-state index >= 15 is 0 Å². The molecule has 2 aromatic carbocycles. The van der Waals surface area contributed by atoms with E-state index in [9.17, 15) is 18.0 Å². The topological polar surface area (TPSA) is 105 Å². The molecule has 3 rings (SSSR count). The molecule has 0 saturated carbocycles. The maximum atomic E-state index is 13.4. The molecule has 9 nitrogen and oxygen atoms in total. The Balaban J connectivity index is 1.76. The van der Waals surface area contributed by atoms with Crippen LogP contribution >= 0.6 is 0 Å². The Labute approximate surface area is 200 Å². The summed E-state index contributed by atoms with van der Waals surface area (Å²) in [6, 6.07) is 14.3. The number of piperazine rings is 1. The lowest BCUT2D eigenvalue weighted by Gasteiger charge is -2.36. The average Bonchev–Trinajstić information content (AvgIpc) is 2.84. The van der Waals surface area contributed by atoms with Gasteiger partial charge in [-0.2, -0.15) is 4.72 Å². The predicted molar refractivity (Wildman–Crippen MR) is 127 cm³/mol. The molecule has 1 aliphatic rings. The van der Waals surface area contributed by atoms with Gasteiger partial charge in [-0.1, -0.05) is 30.3 Å². The maximum Gasteiger partial charge on any atom is 0.409 e. The summed E-state index contributed by atoms with van der Waals surface area (Å²) in [4.78, 5) is 28.5. The molecule has 1 aliphatic heterocycles. The highest BCUT2D eigenvalue weighted by molar-refractivity contribution is 7.89. The molecule has 1 fully saturated rings. The number of benzene rings is 2. The first kappa shape index (κ1) is 25.5. The molecule has 1 atom stereocenters. The van der Waals surface area contributed by atoms with E-state index in [4.69, 9.17) is 9.47 Å². The smallest absolute Gasteiger partial charge is 0.409 e.